The Kier molecular flexibility index (Phi) is 6.49. The van der Waals surface area contributed by atoms with Crippen LogP contribution in [0.2, 0.25) is 0 Å². The summed E-state index contributed by atoms with van der Waals surface area (Å²) in [6.45, 7) is 5.34. The number of amides is 1. The van der Waals surface area contributed by atoms with Gasteiger partial charge in [0, 0.05) is 17.0 Å². The summed E-state index contributed by atoms with van der Waals surface area (Å²) in [5.74, 6) is 1.55. The zero-order valence-corrected chi connectivity index (χ0v) is 18.4. The van der Waals surface area contributed by atoms with Crippen LogP contribution in [0.4, 0.5) is 5.13 Å². The molecule has 1 N–H and O–H groups in total. The molecule has 1 aliphatic heterocycles. The van der Waals surface area contributed by atoms with E-state index in [2.05, 4.69) is 34.3 Å². The molecule has 7 nitrogen and oxygen atoms in total. The first-order valence-corrected chi connectivity index (χ1v) is 11.5. The topological polar surface area (TPSA) is 86.2 Å². The molecule has 0 atom stereocenters. The van der Waals surface area contributed by atoms with Crippen LogP contribution in [0, 0.1) is 0 Å². The monoisotopic (exact) mass is 442 g/mol. The molecule has 156 valence electrons. The quantitative estimate of drug-likeness (QED) is 0.550. The SMILES string of the molecule is CCC(CC)c1nnc(NC(=O)c2cccnc2Sc2ccc3c(c2)OCCO3)s1. The maximum atomic E-state index is 12.9. The summed E-state index contributed by atoms with van der Waals surface area (Å²) in [5, 5.41) is 13.3. The van der Waals surface area contributed by atoms with E-state index in [-0.39, 0.29) is 5.91 Å². The van der Waals surface area contributed by atoms with Crippen LogP contribution in [0.3, 0.4) is 0 Å². The molecular formula is C21H22N4O3S2. The average molecular weight is 443 g/mol. The van der Waals surface area contributed by atoms with E-state index < -0.39 is 0 Å². The molecular weight excluding hydrogens is 420 g/mol. The Morgan fingerprint density at radius 2 is 1.97 bits per heavy atom. The fourth-order valence-corrected chi connectivity index (χ4v) is 5.01. The Balaban J connectivity index is 1.51. The number of anilines is 1. The highest BCUT2D eigenvalue weighted by Crippen LogP contribution is 2.37. The summed E-state index contributed by atoms with van der Waals surface area (Å²) in [4.78, 5) is 18.2. The number of nitrogens with zero attached hydrogens (tertiary/aromatic N) is 3. The van der Waals surface area contributed by atoms with Crippen LogP contribution in [-0.4, -0.2) is 34.3 Å². The number of nitrogens with one attached hydrogen (secondary N) is 1. The van der Waals surface area contributed by atoms with Gasteiger partial charge in [0.05, 0.1) is 5.56 Å². The van der Waals surface area contributed by atoms with E-state index in [4.69, 9.17) is 9.47 Å². The van der Waals surface area contributed by atoms with E-state index in [1.165, 1.54) is 23.1 Å². The van der Waals surface area contributed by atoms with Gasteiger partial charge in [-0.25, -0.2) is 4.98 Å². The number of benzene rings is 1. The van der Waals surface area contributed by atoms with Gasteiger partial charge in [0.25, 0.3) is 5.91 Å². The second-order valence-corrected chi connectivity index (χ2v) is 8.75. The van der Waals surface area contributed by atoms with Crippen molar-refractivity contribution in [3.8, 4) is 11.5 Å². The smallest absolute Gasteiger partial charge is 0.260 e. The maximum Gasteiger partial charge on any atom is 0.260 e. The summed E-state index contributed by atoms with van der Waals surface area (Å²) in [5.41, 5.74) is 0.483. The summed E-state index contributed by atoms with van der Waals surface area (Å²) in [6.07, 6.45) is 3.67. The highest BCUT2D eigenvalue weighted by molar-refractivity contribution is 7.99. The number of ether oxygens (including phenoxy) is 2. The molecule has 0 unspecified atom stereocenters. The Morgan fingerprint density at radius 1 is 1.17 bits per heavy atom. The molecule has 1 amide bonds. The van der Waals surface area contributed by atoms with E-state index in [0.29, 0.717) is 40.6 Å². The number of hydrogen-bond acceptors (Lipinski definition) is 8. The van der Waals surface area contributed by atoms with Gasteiger partial charge in [-0.1, -0.05) is 36.9 Å². The molecule has 3 aromatic rings. The molecule has 2 aromatic heterocycles. The molecule has 3 heterocycles. The number of aromatic nitrogens is 3. The van der Waals surface area contributed by atoms with Gasteiger partial charge >= 0.3 is 0 Å². The minimum atomic E-state index is -0.254. The van der Waals surface area contributed by atoms with Gasteiger partial charge in [-0.3, -0.25) is 10.1 Å². The Labute approximate surface area is 183 Å². The molecule has 0 spiro atoms. The fourth-order valence-electron chi connectivity index (χ4n) is 3.10. The number of fused-ring (bicyclic) bond motifs is 1. The van der Waals surface area contributed by atoms with Crippen LogP contribution in [0.25, 0.3) is 0 Å². The molecule has 0 aliphatic carbocycles. The van der Waals surface area contributed by atoms with Gasteiger partial charge in [0.1, 0.15) is 23.2 Å². The first kappa shape index (κ1) is 20.6. The molecule has 0 radical (unpaired) electrons. The van der Waals surface area contributed by atoms with Crippen LogP contribution in [0.15, 0.2) is 46.5 Å². The van der Waals surface area contributed by atoms with Gasteiger partial charge in [-0.2, -0.15) is 0 Å². The standard InChI is InChI=1S/C21H22N4O3S2/c1-3-13(4-2)19-24-25-21(30-19)23-18(26)15-6-5-9-22-20(15)29-14-7-8-16-17(12-14)28-11-10-27-16/h5-9,12-13H,3-4,10-11H2,1-2H3,(H,23,25,26). The van der Waals surface area contributed by atoms with E-state index >= 15 is 0 Å². The fraction of sp³-hybridized carbons (Fsp3) is 0.333. The third kappa shape index (κ3) is 4.57. The van der Waals surface area contributed by atoms with E-state index in [1.54, 1.807) is 18.3 Å². The van der Waals surface area contributed by atoms with Crippen molar-refractivity contribution >= 4 is 34.1 Å². The lowest BCUT2D eigenvalue weighted by molar-refractivity contribution is 0.102. The first-order valence-electron chi connectivity index (χ1n) is 9.85. The predicted molar refractivity (Wildman–Crippen MR) is 117 cm³/mol. The largest absolute Gasteiger partial charge is 0.486 e. The summed E-state index contributed by atoms with van der Waals surface area (Å²) in [6, 6.07) is 9.22. The van der Waals surface area contributed by atoms with Crippen LogP contribution in [0.1, 0.15) is 48.0 Å². The molecule has 1 aliphatic rings. The molecule has 30 heavy (non-hydrogen) atoms. The van der Waals surface area contributed by atoms with Crippen LogP contribution in [-0.2, 0) is 0 Å². The molecule has 0 saturated heterocycles. The van der Waals surface area contributed by atoms with Gasteiger partial charge in [-0.15, -0.1) is 10.2 Å². The first-order chi connectivity index (χ1) is 14.7. The summed E-state index contributed by atoms with van der Waals surface area (Å²) < 4.78 is 11.2. The van der Waals surface area contributed by atoms with Crippen molar-refractivity contribution < 1.29 is 14.3 Å². The number of pyridine rings is 1. The molecule has 9 heteroatoms. The van der Waals surface area contributed by atoms with Gasteiger partial charge in [0.15, 0.2) is 11.5 Å². The lowest BCUT2D eigenvalue weighted by Crippen LogP contribution is -2.15. The van der Waals surface area contributed by atoms with Crippen LogP contribution in [0.5, 0.6) is 11.5 Å². The molecule has 0 bridgehead atoms. The Bertz CT molecular complexity index is 1040. The van der Waals surface area contributed by atoms with Crippen LogP contribution < -0.4 is 14.8 Å². The maximum absolute atomic E-state index is 12.9. The molecule has 0 fully saturated rings. The van der Waals surface area contributed by atoms with Crippen molar-refractivity contribution in [1.82, 2.24) is 15.2 Å². The van der Waals surface area contributed by atoms with E-state index in [0.717, 1.165) is 28.5 Å². The number of carbonyl (C=O) groups is 1. The second-order valence-electron chi connectivity index (χ2n) is 6.68. The minimum Gasteiger partial charge on any atom is -0.486 e. The van der Waals surface area contributed by atoms with Crippen molar-refractivity contribution in [2.75, 3.05) is 18.5 Å². The van der Waals surface area contributed by atoms with E-state index in [1.807, 2.05) is 18.2 Å². The van der Waals surface area contributed by atoms with Crippen molar-refractivity contribution in [2.45, 2.75) is 42.5 Å². The number of hydrogen-bond donors (Lipinski definition) is 1. The molecule has 1 aromatic carbocycles. The van der Waals surface area contributed by atoms with Crippen LogP contribution >= 0.6 is 23.1 Å². The highest BCUT2D eigenvalue weighted by atomic mass is 32.2. The molecule has 4 rings (SSSR count). The summed E-state index contributed by atoms with van der Waals surface area (Å²) in [7, 11) is 0. The zero-order chi connectivity index (χ0) is 20.9. The number of rotatable bonds is 7. The third-order valence-corrected chi connectivity index (χ3v) is 6.75. The highest BCUT2D eigenvalue weighted by Gasteiger charge is 2.19. The minimum absolute atomic E-state index is 0.254. The van der Waals surface area contributed by atoms with Gasteiger partial charge in [-0.05, 0) is 43.2 Å². The summed E-state index contributed by atoms with van der Waals surface area (Å²) >= 11 is 2.83. The Hall–Kier alpha value is -2.65. The second kappa shape index (κ2) is 9.44. The predicted octanol–water partition coefficient (Wildman–Crippen LogP) is 5.01. The van der Waals surface area contributed by atoms with Crippen molar-refractivity contribution in [3.05, 3.63) is 47.1 Å². The normalized spacial score (nSPS) is 12.8. The van der Waals surface area contributed by atoms with Crippen molar-refractivity contribution in [1.29, 1.82) is 0 Å². The van der Waals surface area contributed by atoms with Gasteiger partial charge in [0.2, 0.25) is 5.13 Å². The number of carbonyl (C=O) groups excluding carboxylic acids is 1. The lowest BCUT2D eigenvalue weighted by Gasteiger charge is -2.18. The lowest BCUT2D eigenvalue weighted by atomic mass is 10.1. The molecule has 0 saturated carbocycles. The van der Waals surface area contributed by atoms with Gasteiger partial charge < -0.3 is 9.47 Å². The third-order valence-electron chi connectivity index (χ3n) is 4.74. The zero-order valence-electron chi connectivity index (χ0n) is 16.8. The average Bonchev–Trinajstić information content (AvgIpc) is 3.23. The van der Waals surface area contributed by atoms with Crippen molar-refractivity contribution in [3.63, 3.8) is 0 Å². The van der Waals surface area contributed by atoms with Crippen molar-refractivity contribution in [2.24, 2.45) is 0 Å². The Morgan fingerprint density at radius 3 is 2.77 bits per heavy atom. The van der Waals surface area contributed by atoms with E-state index in [9.17, 15) is 4.79 Å².